The Morgan fingerprint density at radius 1 is 1.40 bits per heavy atom. The molecule has 0 aliphatic carbocycles. The van der Waals surface area contributed by atoms with Crippen molar-refractivity contribution >= 4 is 28.2 Å². The Bertz CT molecular complexity index is 376. The maximum Gasteiger partial charge on any atom is 0.0783 e. The minimum absolute atomic E-state index is 0.109. The van der Waals surface area contributed by atoms with Gasteiger partial charge in [0.25, 0.3) is 0 Å². The van der Waals surface area contributed by atoms with E-state index >= 15 is 0 Å². The highest BCUT2D eigenvalue weighted by Gasteiger charge is 2.20. The summed E-state index contributed by atoms with van der Waals surface area (Å²) >= 11 is 6.92. The maximum absolute atomic E-state index is 8.68. The fourth-order valence-electron chi connectivity index (χ4n) is 1.11. The summed E-state index contributed by atoms with van der Waals surface area (Å²) in [6.07, 6.45) is 0.505. The van der Waals surface area contributed by atoms with Crippen LogP contribution in [0.4, 0.5) is 0 Å². The van der Waals surface area contributed by atoms with Gasteiger partial charge >= 0.3 is 0 Å². The monoisotopic (exact) mass is 235 g/mol. The van der Waals surface area contributed by atoms with Gasteiger partial charge in [-0.1, -0.05) is 42.5 Å². The first-order valence-electron chi connectivity index (χ1n) is 4.70. The number of nitriles is 1. The summed E-state index contributed by atoms with van der Waals surface area (Å²) in [5.74, 6) is 0. The smallest absolute Gasteiger partial charge is 0.0783 e. The van der Waals surface area contributed by atoms with E-state index in [9.17, 15) is 0 Å². The fourth-order valence-corrected chi connectivity index (χ4v) is 2.82. The van der Waals surface area contributed by atoms with Crippen molar-refractivity contribution in [3.05, 3.63) is 35.9 Å². The van der Waals surface area contributed by atoms with Gasteiger partial charge in [-0.2, -0.15) is 5.26 Å². The van der Waals surface area contributed by atoms with E-state index in [4.69, 9.17) is 17.5 Å². The minimum Gasteiger partial charge on any atom is -0.198 e. The van der Waals surface area contributed by atoms with E-state index in [1.54, 1.807) is 11.8 Å². The van der Waals surface area contributed by atoms with Crippen LogP contribution in [0.25, 0.3) is 0 Å². The molecular weight excluding hydrogens is 222 g/mol. The lowest BCUT2D eigenvalue weighted by molar-refractivity contribution is 0.739. The molecule has 0 radical (unpaired) electrons. The van der Waals surface area contributed by atoms with E-state index in [1.807, 2.05) is 44.2 Å². The zero-order chi connectivity index (χ0) is 11.3. The second kappa shape index (κ2) is 5.29. The standard InChI is InChI=1S/C12H13NS2/c1-12(2,8-9-13)15-11(14)10-6-4-3-5-7-10/h3-7H,8H2,1-2H3. The van der Waals surface area contributed by atoms with Crippen molar-refractivity contribution < 1.29 is 0 Å². The molecule has 15 heavy (non-hydrogen) atoms. The SMILES string of the molecule is CC(C)(CC#N)SC(=S)c1ccccc1. The zero-order valence-electron chi connectivity index (χ0n) is 8.86. The second-order valence-corrected chi connectivity index (χ2v) is 6.23. The molecule has 0 saturated heterocycles. The molecule has 3 heteroatoms. The van der Waals surface area contributed by atoms with Crippen LogP contribution < -0.4 is 0 Å². The normalized spacial score (nSPS) is 10.7. The quantitative estimate of drug-likeness (QED) is 0.745. The van der Waals surface area contributed by atoms with Gasteiger partial charge in [-0.15, -0.1) is 11.8 Å². The first-order valence-corrected chi connectivity index (χ1v) is 5.93. The lowest BCUT2D eigenvalue weighted by atomic mass is 10.1. The highest BCUT2D eigenvalue weighted by molar-refractivity contribution is 8.24. The van der Waals surface area contributed by atoms with Crippen LogP contribution >= 0.6 is 24.0 Å². The Kier molecular flexibility index (Phi) is 4.31. The van der Waals surface area contributed by atoms with Gasteiger partial charge in [0, 0.05) is 11.2 Å². The molecule has 1 aromatic carbocycles. The summed E-state index contributed by atoms with van der Waals surface area (Å²) in [6, 6.07) is 12.1. The van der Waals surface area contributed by atoms with Crippen molar-refractivity contribution in [2.75, 3.05) is 0 Å². The van der Waals surface area contributed by atoms with Crippen LogP contribution in [0.2, 0.25) is 0 Å². The van der Waals surface area contributed by atoms with Crippen LogP contribution in [-0.2, 0) is 0 Å². The van der Waals surface area contributed by atoms with Crippen molar-refractivity contribution in [3.63, 3.8) is 0 Å². The number of hydrogen-bond acceptors (Lipinski definition) is 3. The van der Waals surface area contributed by atoms with E-state index in [2.05, 4.69) is 6.07 Å². The van der Waals surface area contributed by atoms with Crippen LogP contribution in [-0.4, -0.2) is 8.94 Å². The van der Waals surface area contributed by atoms with Crippen molar-refractivity contribution in [1.82, 2.24) is 0 Å². The molecule has 0 atom stereocenters. The van der Waals surface area contributed by atoms with Crippen molar-refractivity contribution in [2.24, 2.45) is 0 Å². The van der Waals surface area contributed by atoms with E-state index < -0.39 is 0 Å². The lowest BCUT2D eigenvalue weighted by Gasteiger charge is -2.20. The summed E-state index contributed by atoms with van der Waals surface area (Å²) in [6.45, 7) is 4.08. The minimum atomic E-state index is -0.109. The number of benzene rings is 1. The molecule has 0 spiro atoms. The third-order valence-electron chi connectivity index (χ3n) is 1.88. The topological polar surface area (TPSA) is 23.8 Å². The van der Waals surface area contributed by atoms with E-state index in [1.165, 1.54) is 0 Å². The van der Waals surface area contributed by atoms with Crippen LogP contribution in [0.3, 0.4) is 0 Å². The third-order valence-corrected chi connectivity index (χ3v) is 3.49. The Labute approximate surface area is 100 Å². The van der Waals surface area contributed by atoms with Crippen molar-refractivity contribution in [2.45, 2.75) is 25.0 Å². The van der Waals surface area contributed by atoms with Crippen LogP contribution in [0.15, 0.2) is 30.3 Å². The predicted octanol–water partition coefficient (Wildman–Crippen LogP) is 3.79. The van der Waals surface area contributed by atoms with E-state index in [0.29, 0.717) is 6.42 Å². The molecule has 0 saturated carbocycles. The number of rotatable bonds is 3. The first-order chi connectivity index (χ1) is 7.05. The molecule has 1 nitrogen and oxygen atoms in total. The molecule has 0 bridgehead atoms. The molecule has 0 amide bonds. The van der Waals surface area contributed by atoms with Gasteiger partial charge in [0.05, 0.1) is 10.3 Å². The molecule has 0 heterocycles. The average Bonchev–Trinajstić information content (AvgIpc) is 2.18. The molecule has 0 fully saturated rings. The first kappa shape index (κ1) is 12.2. The highest BCUT2D eigenvalue weighted by atomic mass is 32.2. The largest absolute Gasteiger partial charge is 0.198 e. The predicted molar refractivity (Wildman–Crippen MR) is 70.0 cm³/mol. The fraction of sp³-hybridized carbons (Fsp3) is 0.333. The Balaban J connectivity index is 2.69. The lowest BCUT2D eigenvalue weighted by Crippen LogP contribution is -2.16. The third kappa shape index (κ3) is 4.03. The molecule has 78 valence electrons. The van der Waals surface area contributed by atoms with Gasteiger partial charge in [0.2, 0.25) is 0 Å². The van der Waals surface area contributed by atoms with Gasteiger partial charge < -0.3 is 0 Å². The van der Waals surface area contributed by atoms with Gasteiger partial charge in [0.15, 0.2) is 0 Å². The van der Waals surface area contributed by atoms with E-state index in [-0.39, 0.29) is 4.75 Å². The molecule has 0 aliphatic rings. The second-order valence-electron chi connectivity index (χ2n) is 3.85. The number of thiocarbonyl (C=S) groups is 1. The van der Waals surface area contributed by atoms with E-state index in [0.717, 1.165) is 9.76 Å². The Morgan fingerprint density at radius 2 is 2.00 bits per heavy atom. The summed E-state index contributed by atoms with van der Waals surface area (Å²) in [5.41, 5.74) is 1.06. The highest BCUT2D eigenvalue weighted by Crippen LogP contribution is 2.31. The van der Waals surface area contributed by atoms with Crippen LogP contribution in [0, 0.1) is 11.3 Å². The van der Waals surface area contributed by atoms with Crippen LogP contribution in [0.5, 0.6) is 0 Å². The molecule has 0 unspecified atom stereocenters. The number of hydrogen-bond donors (Lipinski definition) is 0. The summed E-state index contributed by atoms with van der Waals surface area (Å²) in [5, 5.41) is 8.68. The summed E-state index contributed by atoms with van der Waals surface area (Å²) in [7, 11) is 0. The van der Waals surface area contributed by atoms with Gasteiger partial charge in [0.1, 0.15) is 0 Å². The summed E-state index contributed by atoms with van der Waals surface area (Å²) in [4.78, 5) is 0. The van der Waals surface area contributed by atoms with Gasteiger partial charge in [-0.25, -0.2) is 0 Å². The number of thioether (sulfide) groups is 1. The molecule has 1 aromatic rings. The van der Waals surface area contributed by atoms with Gasteiger partial charge in [-0.3, -0.25) is 0 Å². The average molecular weight is 235 g/mol. The molecular formula is C12H13NS2. The van der Waals surface area contributed by atoms with Gasteiger partial charge in [-0.05, 0) is 19.4 Å². The molecule has 0 aliphatic heterocycles. The number of nitrogens with zero attached hydrogens (tertiary/aromatic N) is 1. The van der Waals surface area contributed by atoms with Crippen molar-refractivity contribution in [3.8, 4) is 6.07 Å². The van der Waals surface area contributed by atoms with Crippen molar-refractivity contribution in [1.29, 1.82) is 5.26 Å². The van der Waals surface area contributed by atoms with Crippen LogP contribution in [0.1, 0.15) is 25.8 Å². The Morgan fingerprint density at radius 3 is 2.53 bits per heavy atom. The summed E-state index contributed by atoms with van der Waals surface area (Å²) < 4.78 is 0.748. The molecule has 0 N–H and O–H groups in total. The molecule has 1 rings (SSSR count). The zero-order valence-corrected chi connectivity index (χ0v) is 10.5. The maximum atomic E-state index is 8.68. The Hall–Kier alpha value is -0.850. The molecule has 0 aromatic heterocycles.